The third-order valence-electron chi connectivity index (χ3n) is 4.06. The summed E-state index contributed by atoms with van der Waals surface area (Å²) in [4.78, 5) is 28.2. The number of carbonyl (C=O) groups excluding carboxylic acids is 2. The zero-order valence-electron chi connectivity index (χ0n) is 15.2. The van der Waals surface area contributed by atoms with Crippen molar-refractivity contribution in [2.75, 3.05) is 37.7 Å². The van der Waals surface area contributed by atoms with Crippen molar-refractivity contribution in [1.82, 2.24) is 4.90 Å². The first kappa shape index (κ1) is 18.3. The normalized spacial score (nSPS) is 15.3. The highest BCUT2D eigenvalue weighted by Crippen LogP contribution is 2.22. The number of anilines is 1. The van der Waals surface area contributed by atoms with Gasteiger partial charge in [-0.05, 0) is 36.6 Å². The molecule has 1 aromatic rings. The second-order valence-corrected chi connectivity index (χ2v) is 7.37. The Hall–Kier alpha value is -2.04. The second kappa shape index (κ2) is 7.69. The van der Waals surface area contributed by atoms with Crippen LogP contribution in [0, 0.1) is 5.41 Å². The monoisotopic (exact) mass is 332 g/mol. The van der Waals surface area contributed by atoms with Gasteiger partial charge in [-0.25, -0.2) is 4.79 Å². The Kier molecular flexibility index (Phi) is 5.86. The molecule has 0 aliphatic carbocycles. The van der Waals surface area contributed by atoms with Crippen LogP contribution in [0.3, 0.4) is 0 Å². The molecule has 1 aliphatic rings. The molecule has 1 heterocycles. The average Bonchev–Trinajstić information content (AvgIpc) is 2.54. The minimum absolute atomic E-state index is 0.0249. The molecule has 0 radical (unpaired) electrons. The van der Waals surface area contributed by atoms with Crippen LogP contribution < -0.4 is 4.90 Å². The van der Waals surface area contributed by atoms with E-state index in [1.807, 2.05) is 17.0 Å². The number of esters is 1. The summed E-state index contributed by atoms with van der Waals surface area (Å²) in [5.74, 6) is -0.0542. The highest BCUT2D eigenvalue weighted by atomic mass is 16.5. The van der Waals surface area contributed by atoms with Crippen LogP contribution in [-0.4, -0.2) is 49.6 Å². The number of benzene rings is 1. The van der Waals surface area contributed by atoms with E-state index in [2.05, 4.69) is 25.7 Å². The molecule has 1 aliphatic heterocycles. The van der Waals surface area contributed by atoms with E-state index in [4.69, 9.17) is 4.74 Å². The van der Waals surface area contributed by atoms with Gasteiger partial charge in [0.1, 0.15) is 0 Å². The summed E-state index contributed by atoms with van der Waals surface area (Å²) in [5.41, 5.74) is 1.67. The Morgan fingerprint density at radius 2 is 1.62 bits per heavy atom. The SMILES string of the molecule is CCOC(=O)c1ccc(N2CCN(C(=O)CC(C)(C)C)CC2)cc1. The number of rotatable bonds is 4. The van der Waals surface area contributed by atoms with Gasteiger partial charge in [-0.3, -0.25) is 4.79 Å². The lowest BCUT2D eigenvalue weighted by atomic mass is 9.91. The van der Waals surface area contributed by atoms with E-state index in [0.29, 0.717) is 18.6 Å². The van der Waals surface area contributed by atoms with Crippen LogP contribution in [0.1, 0.15) is 44.5 Å². The average molecular weight is 332 g/mol. The van der Waals surface area contributed by atoms with E-state index in [1.54, 1.807) is 19.1 Å². The van der Waals surface area contributed by atoms with Crippen LogP contribution in [0.5, 0.6) is 0 Å². The fraction of sp³-hybridized carbons (Fsp3) is 0.579. The maximum absolute atomic E-state index is 12.3. The molecule has 1 amide bonds. The minimum atomic E-state index is -0.290. The fourth-order valence-corrected chi connectivity index (χ4v) is 2.80. The van der Waals surface area contributed by atoms with Gasteiger partial charge >= 0.3 is 5.97 Å². The van der Waals surface area contributed by atoms with Gasteiger partial charge in [0.2, 0.25) is 5.91 Å². The Labute approximate surface area is 144 Å². The molecule has 5 nitrogen and oxygen atoms in total. The maximum atomic E-state index is 12.3. The number of piperazine rings is 1. The summed E-state index contributed by atoms with van der Waals surface area (Å²) >= 11 is 0. The summed E-state index contributed by atoms with van der Waals surface area (Å²) in [6.07, 6.45) is 0.585. The lowest BCUT2D eigenvalue weighted by Crippen LogP contribution is -2.49. The van der Waals surface area contributed by atoms with E-state index in [1.165, 1.54) is 0 Å². The Balaban J connectivity index is 1.90. The fourth-order valence-electron chi connectivity index (χ4n) is 2.80. The number of carbonyl (C=O) groups is 2. The number of nitrogens with zero attached hydrogens (tertiary/aromatic N) is 2. The summed E-state index contributed by atoms with van der Waals surface area (Å²) in [7, 11) is 0. The quantitative estimate of drug-likeness (QED) is 0.796. The molecule has 132 valence electrons. The van der Waals surface area contributed by atoms with E-state index >= 15 is 0 Å². The first-order valence-corrected chi connectivity index (χ1v) is 8.60. The molecule has 0 spiro atoms. The Morgan fingerprint density at radius 1 is 1.04 bits per heavy atom. The molecule has 0 atom stereocenters. The van der Waals surface area contributed by atoms with Gasteiger partial charge in [0.05, 0.1) is 12.2 Å². The van der Waals surface area contributed by atoms with Crippen molar-refractivity contribution in [1.29, 1.82) is 0 Å². The highest BCUT2D eigenvalue weighted by Gasteiger charge is 2.25. The number of hydrogen-bond donors (Lipinski definition) is 0. The summed E-state index contributed by atoms with van der Waals surface area (Å²) in [6.45, 7) is 11.6. The van der Waals surface area contributed by atoms with Crippen LogP contribution >= 0.6 is 0 Å². The van der Waals surface area contributed by atoms with Gasteiger partial charge in [0.15, 0.2) is 0 Å². The van der Waals surface area contributed by atoms with Crippen LogP contribution in [0.25, 0.3) is 0 Å². The second-order valence-electron chi connectivity index (χ2n) is 7.37. The van der Waals surface area contributed by atoms with Crippen LogP contribution in [0.15, 0.2) is 24.3 Å². The molecule has 1 aromatic carbocycles. The zero-order chi connectivity index (χ0) is 17.7. The van der Waals surface area contributed by atoms with Crippen molar-refractivity contribution >= 4 is 17.6 Å². The lowest BCUT2D eigenvalue weighted by molar-refractivity contribution is -0.133. The van der Waals surface area contributed by atoms with E-state index < -0.39 is 0 Å². The van der Waals surface area contributed by atoms with Crippen molar-refractivity contribution in [3.63, 3.8) is 0 Å². The molecule has 0 N–H and O–H groups in total. The molecule has 24 heavy (non-hydrogen) atoms. The molecule has 0 aromatic heterocycles. The zero-order valence-corrected chi connectivity index (χ0v) is 15.2. The minimum Gasteiger partial charge on any atom is -0.462 e. The van der Waals surface area contributed by atoms with Gasteiger partial charge in [-0.15, -0.1) is 0 Å². The third-order valence-corrected chi connectivity index (χ3v) is 4.06. The van der Waals surface area contributed by atoms with Crippen LogP contribution in [-0.2, 0) is 9.53 Å². The third kappa shape index (κ3) is 4.98. The topological polar surface area (TPSA) is 49.9 Å². The molecular formula is C19H28N2O3. The van der Waals surface area contributed by atoms with Gasteiger partial charge in [0.25, 0.3) is 0 Å². The molecule has 0 saturated carbocycles. The molecule has 1 fully saturated rings. The van der Waals surface area contributed by atoms with Crippen molar-refractivity contribution in [2.24, 2.45) is 5.41 Å². The van der Waals surface area contributed by atoms with E-state index in [-0.39, 0.29) is 17.3 Å². The van der Waals surface area contributed by atoms with Crippen molar-refractivity contribution in [3.8, 4) is 0 Å². The van der Waals surface area contributed by atoms with Crippen LogP contribution in [0.4, 0.5) is 5.69 Å². The summed E-state index contributed by atoms with van der Waals surface area (Å²) in [5, 5.41) is 0. The van der Waals surface area contributed by atoms with Gasteiger partial charge in [0, 0.05) is 38.3 Å². The summed E-state index contributed by atoms with van der Waals surface area (Å²) < 4.78 is 5.00. The Bertz CT molecular complexity index is 567. The smallest absolute Gasteiger partial charge is 0.338 e. The highest BCUT2D eigenvalue weighted by molar-refractivity contribution is 5.89. The van der Waals surface area contributed by atoms with E-state index in [0.717, 1.165) is 31.9 Å². The predicted molar refractivity (Wildman–Crippen MR) is 95.3 cm³/mol. The number of amides is 1. The molecule has 5 heteroatoms. The van der Waals surface area contributed by atoms with Crippen molar-refractivity contribution in [2.45, 2.75) is 34.1 Å². The largest absolute Gasteiger partial charge is 0.462 e. The maximum Gasteiger partial charge on any atom is 0.338 e. The lowest BCUT2D eigenvalue weighted by Gasteiger charge is -2.37. The van der Waals surface area contributed by atoms with Crippen molar-refractivity contribution < 1.29 is 14.3 Å². The Morgan fingerprint density at radius 3 is 2.12 bits per heavy atom. The standard InChI is InChI=1S/C19H28N2O3/c1-5-24-18(23)15-6-8-16(9-7-15)20-10-12-21(13-11-20)17(22)14-19(2,3)4/h6-9H,5,10-14H2,1-4H3. The first-order valence-electron chi connectivity index (χ1n) is 8.60. The van der Waals surface area contributed by atoms with E-state index in [9.17, 15) is 9.59 Å². The molecule has 0 unspecified atom stereocenters. The first-order chi connectivity index (χ1) is 11.3. The molecule has 1 saturated heterocycles. The van der Waals surface area contributed by atoms with Gasteiger partial charge in [-0.1, -0.05) is 20.8 Å². The molecule has 2 rings (SSSR count). The summed E-state index contributed by atoms with van der Waals surface area (Å²) in [6, 6.07) is 7.48. The number of ether oxygens (including phenoxy) is 1. The molecular weight excluding hydrogens is 304 g/mol. The van der Waals surface area contributed by atoms with Gasteiger partial charge < -0.3 is 14.5 Å². The predicted octanol–water partition coefficient (Wildman–Crippen LogP) is 2.95. The van der Waals surface area contributed by atoms with Gasteiger partial charge in [-0.2, -0.15) is 0 Å². The van der Waals surface area contributed by atoms with Crippen LogP contribution in [0.2, 0.25) is 0 Å². The molecule has 0 bridgehead atoms. The van der Waals surface area contributed by atoms with Crippen molar-refractivity contribution in [3.05, 3.63) is 29.8 Å². The number of hydrogen-bond acceptors (Lipinski definition) is 4.